The zero-order valence-electron chi connectivity index (χ0n) is 15.2. The predicted molar refractivity (Wildman–Crippen MR) is 109 cm³/mol. The van der Waals surface area contributed by atoms with E-state index in [0.717, 1.165) is 29.9 Å². The van der Waals surface area contributed by atoms with Crippen LogP contribution >= 0.6 is 11.6 Å². The van der Waals surface area contributed by atoms with E-state index in [0.29, 0.717) is 16.4 Å². The van der Waals surface area contributed by atoms with E-state index in [1.54, 1.807) is 6.07 Å². The minimum atomic E-state index is -0.0965. The molecule has 1 atom stereocenters. The number of hydrogen-bond acceptors (Lipinski definition) is 4. The number of hydrogen-bond donors (Lipinski definition) is 2. The van der Waals surface area contributed by atoms with Crippen LogP contribution in [0.5, 0.6) is 0 Å². The SMILES string of the molecule is Cc1nc(NC2CCCc3ccccc32)cc(-c2ccc(Cl)c(CO)c2)n1. The molecule has 1 aliphatic carbocycles. The molecule has 0 aliphatic heterocycles. The summed E-state index contributed by atoms with van der Waals surface area (Å²) in [6.45, 7) is 1.80. The maximum absolute atomic E-state index is 9.48. The number of fused-ring (bicyclic) bond motifs is 1. The van der Waals surface area contributed by atoms with Crippen molar-refractivity contribution in [2.24, 2.45) is 0 Å². The maximum Gasteiger partial charge on any atom is 0.130 e. The highest BCUT2D eigenvalue weighted by atomic mass is 35.5. The zero-order valence-corrected chi connectivity index (χ0v) is 16.0. The average molecular weight is 380 g/mol. The molecule has 3 aromatic rings. The topological polar surface area (TPSA) is 58.0 Å². The molecule has 27 heavy (non-hydrogen) atoms. The molecule has 2 aromatic carbocycles. The Kier molecular flexibility index (Phi) is 5.10. The van der Waals surface area contributed by atoms with Crippen molar-refractivity contribution < 1.29 is 5.11 Å². The zero-order chi connectivity index (χ0) is 18.8. The molecule has 4 nitrogen and oxygen atoms in total. The van der Waals surface area contributed by atoms with Crippen molar-refractivity contribution in [2.45, 2.75) is 38.8 Å². The Bertz CT molecular complexity index is 974. The van der Waals surface area contributed by atoms with Gasteiger partial charge in [0.1, 0.15) is 11.6 Å². The van der Waals surface area contributed by atoms with Crippen LogP contribution in [0.1, 0.15) is 41.4 Å². The van der Waals surface area contributed by atoms with Crippen molar-refractivity contribution >= 4 is 17.4 Å². The molecule has 0 saturated heterocycles. The van der Waals surface area contributed by atoms with Crippen LogP contribution in [0.2, 0.25) is 5.02 Å². The van der Waals surface area contributed by atoms with Crippen LogP contribution in [0.4, 0.5) is 5.82 Å². The van der Waals surface area contributed by atoms with Gasteiger partial charge in [0.15, 0.2) is 0 Å². The molecule has 5 heteroatoms. The average Bonchev–Trinajstić information content (AvgIpc) is 2.68. The number of aryl methyl sites for hydroxylation is 2. The minimum Gasteiger partial charge on any atom is -0.392 e. The summed E-state index contributed by atoms with van der Waals surface area (Å²) in [5.74, 6) is 1.53. The lowest BCUT2D eigenvalue weighted by atomic mass is 9.88. The number of halogens is 1. The quantitative estimate of drug-likeness (QED) is 0.663. The van der Waals surface area contributed by atoms with E-state index in [1.807, 2.05) is 25.1 Å². The third kappa shape index (κ3) is 3.82. The Morgan fingerprint density at radius 2 is 2.00 bits per heavy atom. The number of nitrogens with zero attached hydrogens (tertiary/aromatic N) is 2. The van der Waals surface area contributed by atoms with Crippen LogP contribution in [0.25, 0.3) is 11.3 Å². The molecule has 0 spiro atoms. The summed E-state index contributed by atoms with van der Waals surface area (Å²) in [7, 11) is 0. The van der Waals surface area contributed by atoms with Crippen LogP contribution in [0.15, 0.2) is 48.5 Å². The Morgan fingerprint density at radius 1 is 1.15 bits per heavy atom. The summed E-state index contributed by atoms with van der Waals surface area (Å²) >= 11 is 6.12. The van der Waals surface area contributed by atoms with Gasteiger partial charge in [0.2, 0.25) is 0 Å². The Hall–Kier alpha value is -2.43. The standard InChI is InChI=1S/C22H22ClN3O/c1-14-24-21(16-9-10-19(23)17(11-16)13-27)12-22(25-14)26-20-8-4-6-15-5-2-3-7-18(15)20/h2-3,5,7,9-12,20,27H,4,6,8,13H2,1H3,(H,24,25,26). The Morgan fingerprint density at radius 3 is 2.85 bits per heavy atom. The monoisotopic (exact) mass is 379 g/mol. The maximum atomic E-state index is 9.48. The number of nitrogens with one attached hydrogen (secondary N) is 1. The van der Waals surface area contributed by atoms with E-state index < -0.39 is 0 Å². The van der Waals surface area contributed by atoms with Crippen molar-refractivity contribution in [1.29, 1.82) is 0 Å². The van der Waals surface area contributed by atoms with Crippen LogP contribution in [-0.4, -0.2) is 15.1 Å². The number of aromatic nitrogens is 2. The first-order valence-corrected chi connectivity index (χ1v) is 9.61. The van der Waals surface area contributed by atoms with Gasteiger partial charge in [-0.15, -0.1) is 0 Å². The molecule has 138 valence electrons. The van der Waals surface area contributed by atoms with E-state index in [-0.39, 0.29) is 12.6 Å². The van der Waals surface area contributed by atoms with Crippen LogP contribution in [-0.2, 0) is 13.0 Å². The molecule has 0 amide bonds. The van der Waals surface area contributed by atoms with Gasteiger partial charge < -0.3 is 10.4 Å². The second kappa shape index (κ2) is 7.67. The summed E-state index contributed by atoms with van der Waals surface area (Å²) in [5, 5.41) is 13.6. The number of aliphatic hydroxyl groups is 1. The largest absolute Gasteiger partial charge is 0.392 e. The molecule has 2 N–H and O–H groups in total. The van der Waals surface area contributed by atoms with Crippen LogP contribution in [0, 0.1) is 6.92 Å². The number of aliphatic hydroxyl groups excluding tert-OH is 1. The van der Waals surface area contributed by atoms with Crippen molar-refractivity contribution in [2.75, 3.05) is 5.32 Å². The van der Waals surface area contributed by atoms with Crippen molar-refractivity contribution in [3.63, 3.8) is 0 Å². The molecule has 1 unspecified atom stereocenters. The first kappa shape index (κ1) is 18.0. The predicted octanol–water partition coefficient (Wildman–Crippen LogP) is 5.09. The molecule has 0 bridgehead atoms. The van der Waals surface area contributed by atoms with Gasteiger partial charge in [-0.25, -0.2) is 9.97 Å². The number of benzene rings is 2. The van der Waals surface area contributed by atoms with Gasteiger partial charge in [-0.05, 0) is 55.0 Å². The summed E-state index contributed by atoms with van der Waals surface area (Å²) in [6.07, 6.45) is 3.39. The molecule has 1 heterocycles. The van der Waals surface area contributed by atoms with E-state index in [2.05, 4.69) is 39.6 Å². The van der Waals surface area contributed by atoms with Gasteiger partial charge in [-0.2, -0.15) is 0 Å². The van der Waals surface area contributed by atoms with Crippen molar-refractivity contribution in [3.05, 3.63) is 76.1 Å². The van der Waals surface area contributed by atoms with E-state index >= 15 is 0 Å². The van der Waals surface area contributed by atoms with E-state index in [4.69, 9.17) is 11.6 Å². The lowest BCUT2D eigenvalue weighted by Crippen LogP contribution is -2.18. The molecule has 1 aliphatic rings. The highest BCUT2D eigenvalue weighted by Crippen LogP contribution is 2.33. The van der Waals surface area contributed by atoms with E-state index in [9.17, 15) is 5.11 Å². The molecular formula is C22H22ClN3O. The fraction of sp³-hybridized carbons (Fsp3) is 0.273. The lowest BCUT2D eigenvalue weighted by molar-refractivity contribution is 0.282. The highest BCUT2D eigenvalue weighted by molar-refractivity contribution is 6.31. The number of rotatable bonds is 4. The van der Waals surface area contributed by atoms with Gasteiger partial charge in [0.05, 0.1) is 18.3 Å². The highest BCUT2D eigenvalue weighted by Gasteiger charge is 2.20. The van der Waals surface area contributed by atoms with E-state index in [1.165, 1.54) is 17.5 Å². The Labute approximate surface area is 164 Å². The lowest BCUT2D eigenvalue weighted by Gasteiger charge is -2.27. The molecule has 0 saturated carbocycles. The molecule has 4 rings (SSSR count). The van der Waals surface area contributed by atoms with Gasteiger partial charge in [-0.3, -0.25) is 0 Å². The first-order valence-electron chi connectivity index (χ1n) is 9.24. The normalized spacial score (nSPS) is 16.0. The Balaban J connectivity index is 1.66. The smallest absolute Gasteiger partial charge is 0.130 e. The van der Waals surface area contributed by atoms with Crippen LogP contribution < -0.4 is 5.32 Å². The summed E-state index contributed by atoms with van der Waals surface area (Å²) in [5.41, 5.74) is 5.20. The van der Waals surface area contributed by atoms with Crippen molar-refractivity contribution in [1.82, 2.24) is 9.97 Å². The van der Waals surface area contributed by atoms with Crippen LogP contribution in [0.3, 0.4) is 0 Å². The van der Waals surface area contributed by atoms with Gasteiger partial charge in [-0.1, -0.05) is 41.9 Å². The van der Waals surface area contributed by atoms with Gasteiger partial charge >= 0.3 is 0 Å². The summed E-state index contributed by atoms with van der Waals surface area (Å²) in [6, 6.07) is 16.4. The third-order valence-corrected chi connectivity index (χ3v) is 5.41. The summed E-state index contributed by atoms with van der Waals surface area (Å²) in [4.78, 5) is 9.16. The third-order valence-electron chi connectivity index (χ3n) is 5.04. The second-order valence-corrected chi connectivity index (χ2v) is 7.35. The fourth-order valence-electron chi connectivity index (χ4n) is 3.73. The fourth-order valence-corrected chi connectivity index (χ4v) is 3.90. The molecule has 0 radical (unpaired) electrons. The first-order chi connectivity index (χ1) is 13.1. The van der Waals surface area contributed by atoms with Gasteiger partial charge in [0, 0.05) is 16.7 Å². The van der Waals surface area contributed by atoms with Crippen molar-refractivity contribution in [3.8, 4) is 11.3 Å². The second-order valence-electron chi connectivity index (χ2n) is 6.94. The summed E-state index contributed by atoms with van der Waals surface area (Å²) < 4.78 is 0. The number of anilines is 1. The molecule has 0 fully saturated rings. The molecule has 1 aromatic heterocycles. The minimum absolute atomic E-state index is 0.0965. The van der Waals surface area contributed by atoms with Gasteiger partial charge in [0.25, 0.3) is 0 Å². The molecular weight excluding hydrogens is 358 g/mol.